The van der Waals surface area contributed by atoms with Crippen LogP contribution in [0.15, 0.2) is 28.9 Å². The maximum Gasteiger partial charge on any atom is 0.262 e. The maximum atomic E-state index is 13.3. The van der Waals surface area contributed by atoms with Crippen molar-refractivity contribution in [3.8, 4) is 0 Å². The number of rotatable bonds is 5. The van der Waals surface area contributed by atoms with Crippen molar-refractivity contribution in [2.24, 2.45) is 5.92 Å². The van der Waals surface area contributed by atoms with Gasteiger partial charge in [-0.15, -0.1) is 0 Å². The number of carbonyl (C=O) groups is 2. The van der Waals surface area contributed by atoms with E-state index < -0.39 is 5.82 Å². The Kier molecular flexibility index (Phi) is 6.40. The van der Waals surface area contributed by atoms with Gasteiger partial charge in [-0.25, -0.2) is 9.37 Å². The van der Waals surface area contributed by atoms with Gasteiger partial charge >= 0.3 is 0 Å². The van der Waals surface area contributed by atoms with Gasteiger partial charge in [0.15, 0.2) is 11.0 Å². The Hall–Kier alpha value is -2.33. The molecule has 0 aliphatic carbocycles. The second-order valence-electron chi connectivity index (χ2n) is 6.34. The molecule has 0 spiro atoms. The number of carbonyl (C=O) groups excluding carboxylic acids is 2. The van der Waals surface area contributed by atoms with E-state index in [1.165, 1.54) is 29.5 Å². The number of nitrogens with zero attached hydrogens (tertiary/aromatic N) is 2. The van der Waals surface area contributed by atoms with Crippen LogP contribution in [0.25, 0.3) is 0 Å². The minimum absolute atomic E-state index is 0.166. The SMILES string of the molecule is CNC(=O)c1cnc(N2CCC(C(=O)C(=N)Nc3ccc(F)c(Br)c3)CC2)s1. The number of ketones is 1. The quantitative estimate of drug-likeness (QED) is 0.462. The van der Waals surface area contributed by atoms with Gasteiger partial charge in [-0.3, -0.25) is 15.0 Å². The molecule has 1 aromatic carbocycles. The van der Waals surface area contributed by atoms with Gasteiger partial charge in [-0.1, -0.05) is 11.3 Å². The number of anilines is 2. The molecule has 2 aromatic rings. The fourth-order valence-electron chi connectivity index (χ4n) is 2.96. The Morgan fingerprint density at radius 3 is 2.71 bits per heavy atom. The lowest BCUT2D eigenvalue weighted by Gasteiger charge is -2.31. The number of hydrogen-bond donors (Lipinski definition) is 3. The molecule has 10 heteroatoms. The summed E-state index contributed by atoms with van der Waals surface area (Å²) in [5.74, 6) is -1.28. The van der Waals surface area contributed by atoms with Gasteiger partial charge in [0.2, 0.25) is 5.78 Å². The molecular formula is C18H19BrFN5O2S. The van der Waals surface area contributed by atoms with Crippen LogP contribution in [0.3, 0.4) is 0 Å². The summed E-state index contributed by atoms with van der Waals surface area (Å²) >= 11 is 4.41. The molecule has 1 aliphatic heterocycles. The molecule has 2 heterocycles. The van der Waals surface area contributed by atoms with Gasteiger partial charge in [-0.2, -0.15) is 0 Å². The summed E-state index contributed by atoms with van der Waals surface area (Å²) in [7, 11) is 1.58. The first-order valence-corrected chi connectivity index (χ1v) is 10.3. The summed E-state index contributed by atoms with van der Waals surface area (Å²) in [6.07, 6.45) is 2.76. The van der Waals surface area contributed by atoms with Crippen molar-refractivity contribution in [1.29, 1.82) is 5.41 Å². The fraction of sp³-hybridized carbons (Fsp3) is 0.333. The van der Waals surface area contributed by atoms with Gasteiger partial charge < -0.3 is 15.5 Å². The minimum Gasteiger partial charge on any atom is -0.354 e. The third-order valence-electron chi connectivity index (χ3n) is 4.52. The zero-order valence-corrected chi connectivity index (χ0v) is 17.5. The molecule has 0 bridgehead atoms. The highest BCUT2D eigenvalue weighted by Crippen LogP contribution is 2.28. The molecule has 0 saturated carbocycles. The molecular weight excluding hydrogens is 449 g/mol. The molecule has 148 valence electrons. The molecule has 3 N–H and O–H groups in total. The molecule has 1 saturated heterocycles. The number of Topliss-reactive ketones (excluding diaryl/α,β-unsaturated/α-hetero) is 1. The van der Waals surface area contributed by atoms with Crippen LogP contribution in [0.2, 0.25) is 0 Å². The van der Waals surface area contributed by atoms with Crippen molar-refractivity contribution in [2.45, 2.75) is 12.8 Å². The van der Waals surface area contributed by atoms with Crippen molar-refractivity contribution >= 4 is 55.6 Å². The van der Waals surface area contributed by atoms with Gasteiger partial charge in [0, 0.05) is 31.7 Å². The molecule has 0 radical (unpaired) electrons. The lowest BCUT2D eigenvalue weighted by Crippen LogP contribution is -2.39. The van der Waals surface area contributed by atoms with Gasteiger partial charge in [0.1, 0.15) is 10.7 Å². The molecule has 0 atom stereocenters. The summed E-state index contributed by atoms with van der Waals surface area (Å²) < 4.78 is 13.6. The van der Waals surface area contributed by atoms with Crippen LogP contribution in [0, 0.1) is 17.1 Å². The largest absolute Gasteiger partial charge is 0.354 e. The Bertz CT molecular complexity index is 911. The summed E-state index contributed by atoms with van der Waals surface area (Å²) in [6.45, 7) is 1.26. The van der Waals surface area contributed by atoms with Crippen LogP contribution in [-0.4, -0.2) is 42.6 Å². The summed E-state index contributed by atoms with van der Waals surface area (Å²) in [5, 5.41) is 14.1. The van der Waals surface area contributed by atoms with E-state index in [9.17, 15) is 14.0 Å². The van der Waals surface area contributed by atoms with E-state index in [1.807, 2.05) is 0 Å². The van der Waals surface area contributed by atoms with Crippen molar-refractivity contribution < 1.29 is 14.0 Å². The fourth-order valence-corrected chi connectivity index (χ4v) is 4.25. The zero-order chi connectivity index (χ0) is 20.3. The number of aromatic nitrogens is 1. The third-order valence-corrected chi connectivity index (χ3v) is 6.18. The molecule has 1 amide bonds. The molecule has 28 heavy (non-hydrogen) atoms. The number of thiazole rings is 1. The number of hydrogen-bond acceptors (Lipinski definition) is 6. The molecule has 7 nitrogen and oxygen atoms in total. The Morgan fingerprint density at radius 2 is 2.07 bits per heavy atom. The minimum atomic E-state index is -0.405. The molecule has 1 fully saturated rings. The van der Waals surface area contributed by atoms with Crippen molar-refractivity contribution in [2.75, 3.05) is 30.4 Å². The third kappa shape index (κ3) is 4.56. The van der Waals surface area contributed by atoms with Crippen LogP contribution < -0.4 is 15.5 Å². The Labute approximate surface area is 174 Å². The first kappa shape index (κ1) is 20.4. The normalized spacial score (nSPS) is 14.6. The average molecular weight is 468 g/mol. The van der Waals surface area contributed by atoms with Crippen LogP contribution in [0.1, 0.15) is 22.5 Å². The highest BCUT2D eigenvalue weighted by molar-refractivity contribution is 9.10. The summed E-state index contributed by atoms with van der Waals surface area (Å²) in [5.41, 5.74) is 0.480. The molecule has 1 aromatic heterocycles. The number of halogens is 2. The van der Waals surface area contributed by atoms with E-state index in [0.717, 1.165) is 5.13 Å². The van der Waals surface area contributed by atoms with Crippen LogP contribution in [0.4, 0.5) is 15.2 Å². The van der Waals surface area contributed by atoms with E-state index in [4.69, 9.17) is 5.41 Å². The topological polar surface area (TPSA) is 98.2 Å². The summed E-state index contributed by atoms with van der Waals surface area (Å²) in [4.78, 5) is 31.1. The predicted octanol–water partition coefficient (Wildman–Crippen LogP) is 3.28. The molecule has 1 aliphatic rings. The summed E-state index contributed by atoms with van der Waals surface area (Å²) in [6, 6.07) is 4.24. The van der Waals surface area contributed by atoms with Crippen LogP contribution >= 0.6 is 27.3 Å². The predicted molar refractivity (Wildman–Crippen MR) is 111 cm³/mol. The van der Waals surface area contributed by atoms with E-state index >= 15 is 0 Å². The Morgan fingerprint density at radius 1 is 1.36 bits per heavy atom. The maximum absolute atomic E-state index is 13.3. The zero-order valence-electron chi connectivity index (χ0n) is 15.1. The second-order valence-corrected chi connectivity index (χ2v) is 8.20. The van der Waals surface area contributed by atoms with E-state index in [-0.39, 0.29) is 27.9 Å². The molecule has 3 rings (SSSR count). The van der Waals surface area contributed by atoms with E-state index in [1.54, 1.807) is 13.2 Å². The highest BCUT2D eigenvalue weighted by atomic mass is 79.9. The van der Waals surface area contributed by atoms with Crippen LogP contribution in [0.5, 0.6) is 0 Å². The first-order valence-electron chi connectivity index (χ1n) is 8.66. The lowest BCUT2D eigenvalue weighted by molar-refractivity contribution is -0.117. The van der Waals surface area contributed by atoms with Crippen molar-refractivity contribution in [1.82, 2.24) is 10.3 Å². The number of piperidine rings is 1. The number of benzene rings is 1. The van der Waals surface area contributed by atoms with Crippen molar-refractivity contribution in [3.05, 3.63) is 39.6 Å². The van der Waals surface area contributed by atoms with Gasteiger partial charge in [0.25, 0.3) is 5.91 Å². The number of nitrogens with one attached hydrogen (secondary N) is 3. The smallest absolute Gasteiger partial charge is 0.262 e. The van der Waals surface area contributed by atoms with Gasteiger partial charge in [-0.05, 0) is 47.0 Å². The van der Waals surface area contributed by atoms with Gasteiger partial charge in [0.05, 0.1) is 10.7 Å². The first-order chi connectivity index (χ1) is 13.4. The standard InChI is InChI=1S/C18H19BrFN5O2S/c1-22-17(27)14-9-23-18(28-14)25-6-4-10(5-7-25)15(26)16(21)24-11-2-3-13(20)12(19)8-11/h2-3,8-10H,4-7H2,1H3,(H2,21,24)(H,22,27). The van der Waals surface area contributed by atoms with Crippen LogP contribution in [-0.2, 0) is 4.79 Å². The average Bonchev–Trinajstić information content (AvgIpc) is 3.20. The number of amides is 1. The van der Waals surface area contributed by atoms with Crippen molar-refractivity contribution in [3.63, 3.8) is 0 Å². The highest BCUT2D eigenvalue weighted by Gasteiger charge is 2.29. The Balaban J connectivity index is 1.55. The van der Waals surface area contributed by atoms with E-state index in [0.29, 0.717) is 36.5 Å². The second kappa shape index (κ2) is 8.78. The number of amidine groups is 1. The lowest BCUT2D eigenvalue weighted by atomic mass is 9.92. The monoisotopic (exact) mass is 467 g/mol. The molecule has 0 unspecified atom stereocenters. The van der Waals surface area contributed by atoms with E-state index in [2.05, 4.69) is 36.4 Å².